The summed E-state index contributed by atoms with van der Waals surface area (Å²) < 4.78 is 5.49. The summed E-state index contributed by atoms with van der Waals surface area (Å²) in [5.41, 5.74) is 0. The molecule has 6 nitrogen and oxygen atoms in total. The van der Waals surface area contributed by atoms with E-state index >= 15 is 0 Å². The number of unbranched alkanes of at least 4 members (excludes halogenated alkanes) is 43. The van der Waals surface area contributed by atoms with Crippen molar-refractivity contribution in [2.24, 2.45) is 0 Å². The Morgan fingerprint density at radius 3 is 1.06 bits per heavy atom. The lowest BCUT2D eigenvalue weighted by molar-refractivity contribution is -0.143. The zero-order chi connectivity index (χ0) is 48.6. The number of aliphatic hydroxyl groups excluding tert-OH is 2. The molecule has 3 N–H and O–H groups in total. The lowest BCUT2D eigenvalue weighted by Crippen LogP contribution is -2.45. The fourth-order valence-electron chi connectivity index (χ4n) is 9.34. The molecular formula is C61H117NO5. The van der Waals surface area contributed by atoms with Crippen LogP contribution in [0.5, 0.6) is 0 Å². The first-order valence-electron chi connectivity index (χ1n) is 30.1. The first kappa shape index (κ1) is 65.3. The van der Waals surface area contributed by atoms with Gasteiger partial charge in [-0.15, -0.1) is 0 Å². The van der Waals surface area contributed by atoms with Gasteiger partial charge in [0.2, 0.25) is 5.91 Å². The van der Waals surface area contributed by atoms with Crippen molar-refractivity contribution >= 4 is 11.9 Å². The highest BCUT2D eigenvalue weighted by Gasteiger charge is 2.18. The van der Waals surface area contributed by atoms with Crippen LogP contribution in [0.25, 0.3) is 0 Å². The van der Waals surface area contributed by atoms with Crippen LogP contribution in [0.1, 0.15) is 328 Å². The van der Waals surface area contributed by atoms with Gasteiger partial charge < -0.3 is 20.3 Å². The van der Waals surface area contributed by atoms with Gasteiger partial charge in [0.1, 0.15) is 0 Å². The van der Waals surface area contributed by atoms with E-state index in [2.05, 4.69) is 31.3 Å². The molecule has 2 unspecified atom stereocenters. The highest BCUT2D eigenvalue weighted by Crippen LogP contribution is 2.17. The van der Waals surface area contributed by atoms with Crippen LogP contribution in [0.4, 0.5) is 0 Å². The van der Waals surface area contributed by atoms with Crippen LogP contribution < -0.4 is 5.32 Å². The van der Waals surface area contributed by atoms with Crippen molar-refractivity contribution in [2.75, 3.05) is 13.2 Å². The fraction of sp³-hybridized carbons (Fsp3) is 0.902. The number of esters is 1. The maximum Gasteiger partial charge on any atom is 0.305 e. The summed E-state index contributed by atoms with van der Waals surface area (Å²) in [4.78, 5) is 24.5. The molecule has 0 aliphatic rings. The summed E-state index contributed by atoms with van der Waals surface area (Å²) in [6.07, 6.45) is 69.3. The van der Waals surface area contributed by atoms with Crippen molar-refractivity contribution in [2.45, 2.75) is 341 Å². The number of aliphatic hydroxyl groups is 2. The van der Waals surface area contributed by atoms with E-state index in [1.54, 1.807) is 6.08 Å². The molecule has 0 spiro atoms. The van der Waals surface area contributed by atoms with Gasteiger partial charge in [-0.25, -0.2) is 0 Å². The van der Waals surface area contributed by atoms with Crippen molar-refractivity contribution in [3.63, 3.8) is 0 Å². The van der Waals surface area contributed by atoms with E-state index < -0.39 is 12.1 Å². The fourth-order valence-corrected chi connectivity index (χ4v) is 9.34. The maximum atomic E-state index is 12.4. The van der Waals surface area contributed by atoms with Crippen LogP contribution in [0.2, 0.25) is 0 Å². The number of allylic oxidation sites excluding steroid dienone is 3. The van der Waals surface area contributed by atoms with Crippen LogP contribution >= 0.6 is 0 Å². The van der Waals surface area contributed by atoms with Gasteiger partial charge >= 0.3 is 5.97 Å². The number of rotatable bonds is 56. The molecule has 0 aliphatic carbocycles. The normalized spacial score (nSPS) is 12.7. The van der Waals surface area contributed by atoms with Gasteiger partial charge in [-0.1, -0.05) is 282 Å². The summed E-state index contributed by atoms with van der Waals surface area (Å²) in [5, 5.41) is 23.0. The molecule has 6 heteroatoms. The van der Waals surface area contributed by atoms with Crippen molar-refractivity contribution in [3.8, 4) is 0 Å². The quantitative estimate of drug-likeness (QED) is 0.0321. The molecule has 0 saturated heterocycles. The number of hydrogen-bond donors (Lipinski definition) is 3. The van der Waals surface area contributed by atoms with Crippen LogP contribution in [-0.4, -0.2) is 47.4 Å². The highest BCUT2D eigenvalue weighted by molar-refractivity contribution is 5.76. The molecule has 1 amide bonds. The Hall–Kier alpha value is -1.66. The molecule has 0 rings (SSSR count). The number of carbonyl (C=O) groups excluding carboxylic acids is 2. The third-order valence-corrected chi connectivity index (χ3v) is 14.0. The van der Waals surface area contributed by atoms with Gasteiger partial charge in [-0.2, -0.15) is 0 Å². The molecule has 396 valence electrons. The second-order valence-electron chi connectivity index (χ2n) is 20.7. The van der Waals surface area contributed by atoms with Gasteiger partial charge in [-0.3, -0.25) is 9.59 Å². The monoisotopic (exact) mass is 944 g/mol. The predicted molar refractivity (Wildman–Crippen MR) is 292 cm³/mol. The Balaban J connectivity index is 3.40. The topological polar surface area (TPSA) is 95.9 Å². The lowest BCUT2D eigenvalue weighted by atomic mass is 10.0. The minimum atomic E-state index is -0.847. The molecular weight excluding hydrogens is 827 g/mol. The Bertz CT molecular complexity index is 1040. The number of carbonyl (C=O) groups is 2. The third-order valence-electron chi connectivity index (χ3n) is 14.0. The smallest absolute Gasteiger partial charge is 0.305 e. The molecule has 0 aromatic carbocycles. The number of nitrogens with one attached hydrogen (secondary N) is 1. The predicted octanol–water partition coefficient (Wildman–Crippen LogP) is 18.6. The van der Waals surface area contributed by atoms with E-state index in [4.69, 9.17) is 4.74 Å². The Morgan fingerprint density at radius 2 is 0.701 bits per heavy atom. The first-order chi connectivity index (χ1) is 33.0. The number of ether oxygens (including phenoxy) is 1. The van der Waals surface area contributed by atoms with Crippen LogP contribution in [0, 0.1) is 0 Å². The number of hydrogen-bond acceptors (Lipinski definition) is 5. The molecule has 0 aromatic heterocycles. The van der Waals surface area contributed by atoms with Gasteiger partial charge in [-0.05, 0) is 57.8 Å². The average Bonchev–Trinajstić information content (AvgIpc) is 3.33. The van der Waals surface area contributed by atoms with E-state index in [0.717, 1.165) is 44.9 Å². The minimum Gasteiger partial charge on any atom is -0.466 e. The summed E-state index contributed by atoms with van der Waals surface area (Å²) in [6, 6.07) is -0.631. The van der Waals surface area contributed by atoms with Crippen LogP contribution in [-0.2, 0) is 14.3 Å². The molecule has 67 heavy (non-hydrogen) atoms. The summed E-state index contributed by atoms with van der Waals surface area (Å²) in [5.74, 6) is -0.0620. The van der Waals surface area contributed by atoms with E-state index in [9.17, 15) is 19.8 Å². The summed E-state index contributed by atoms with van der Waals surface area (Å²) >= 11 is 0. The van der Waals surface area contributed by atoms with E-state index in [-0.39, 0.29) is 18.5 Å². The second kappa shape index (κ2) is 56.9. The largest absolute Gasteiger partial charge is 0.466 e. The van der Waals surface area contributed by atoms with Crippen molar-refractivity contribution in [1.29, 1.82) is 0 Å². The van der Waals surface area contributed by atoms with E-state index in [0.29, 0.717) is 19.4 Å². The SMILES string of the molecule is CCCCCCCCCCCC/C=C/C(O)C(CO)NC(=O)CCCCCCCCC/C=C\CCCCCCCCCCCCCOC(=O)CCCCCCCCCCCCCCCCCC. The molecule has 2 atom stereocenters. The third kappa shape index (κ3) is 53.5. The molecule has 0 fully saturated rings. The lowest BCUT2D eigenvalue weighted by Gasteiger charge is -2.20. The molecule has 0 heterocycles. The second-order valence-corrected chi connectivity index (χ2v) is 20.7. The molecule has 0 bridgehead atoms. The Kier molecular flexibility index (Phi) is 55.5. The standard InChI is InChI=1S/C61H117NO5/c1-3-5-7-9-11-13-15-17-18-28-31-35-39-43-47-51-55-61(66)67-56-52-48-44-40-36-32-29-26-24-22-20-19-21-23-25-27-30-34-38-42-46-50-54-60(65)62-58(57-63)59(64)53-49-45-41-37-33-16-14-12-10-8-6-4-2/h21,23,49,53,58-59,63-64H,3-20,22,24-48,50-52,54-57H2,1-2H3,(H,62,65)/b23-21-,53-49+. The molecule has 0 saturated carbocycles. The van der Waals surface area contributed by atoms with Crippen LogP contribution in [0.3, 0.4) is 0 Å². The Labute approximate surface area is 418 Å². The summed E-state index contributed by atoms with van der Waals surface area (Å²) in [6.45, 7) is 4.91. The van der Waals surface area contributed by atoms with E-state index in [1.807, 2.05) is 6.08 Å². The van der Waals surface area contributed by atoms with Gasteiger partial charge in [0.25, 0.3) is 0 Å². The van der Waals surface area contributed by atoms with Crippen molar-refractivity contribution < 1.29 is 24.5 Å². The first-order valence-corrected chi connectivity index (χ1v) is 30.1. The molecule has 0 radical (unpaired) electrons. The van der Waals surface area contributed by atoms with Gasteiger partial charge in [0, 0.05) is 12.8 Å². The van der Waals surface area contributed by atoms with E-state index in [1.165, 1.54) is 257 Å². The van der Waals surface area contributed by atoms with Gasteiger partial charge in [0.05, 0.1) is 25.4 Å². The zero-order valence-electron chi connectivity index (χ0n) is 45.1. The highest BCUT2D eigenvalue weighted by atomic mass is 16.5. The molecule has 0 aliphatic heterocycles. The Morgan fingerprint density at radius 1 is 0.403 bits per heavy atom. The van der Waals surface area contributed by atoms with Crippen molar-refractivity contribution in [1.82, 2.24) is 5.32 Å². The zero-order valence-corrected chi connectivity index (χ0v) is 45.1. The average molecular weight is 945 g/mol. The summed E-state index contributed by atoms with van der Waals surface area (Å²) in [7, 11) is 0. The van der Waals surface area contributed by atoms with Crippen LogP contribution in [0.15, 0.2) is 24.3 Å². The van der Waals surface area contributed by atoms with Crippen molar-refractivity contribution in [3.05, 3.63) is 24.3 Å². The molecule has 0 aromatic rings. The number of amides is 1. The maximum absolute atomic E-state index is 12.4. The van der Waals surface area contributed by atoms with Gasteiger partial charge in [0.15, 0.2) is 0 Å². The minimum absolute atomic E-state index is 0.0129.